The van der Waals surface area contributed by atoms with Gasteiger partial charge in [0, 0.05) is 23.2 Å². The number of para-hydroxylation sites is 1. The lowest BCUT2D eigenvalue weighted by Gasteiger charge is -2.27. The van der Waals surface area contributed by atoms with Crippen molar-refractivity contribution < 1.29 is 19.2 Å². The first-order valence-corrected chi connectivity index (χ1v) is 12.8. The highest BCUT2D eigenvalue weighted by Gasteiger charge is 2.32. The van der Waals surface area contributed by atoms with Gasteiger partial charge >= 0.3 is 0 Å². The monoisotopic (exact) mass is 527 g/mol. The average molecular weight is 528 g/mol. The van der Waals surface area contributed by atoms with E-state index in [0.29, 0.717) is 36.9 Å². The molecule has 0 aliphatic carbocycles. The van der Waals surface area contributed by atoms with Crippen LogP contribution in [0.1, 0.15) is 48.2 Å². The van der Waals surface area contributed by atoms with Gasteiger partial charge in [0.15, 0.2) is 0 Å². The molecule has 4 amide bonds. The van der Waals surface area contributed by atoms with Crippen LogP contribution in [0.25, 0.3) is 11.1 Å². The van der Waals surface area contributed by atoms with Gasteiger partial charge in [0.1, 0.15) is 6.04 Å². The summed E-state index contributed by atoms with van der Waals surface area (Å²) in [6.07, 6.45) is 1.68. The Kier molecular flexibility index (Phi) is 8.41. The number of hydrazine groups is 1. The molecular weight excluding hydrogens is 494 g/mol. The minimum Gasteiger partial charge on any atom is -0.344 e. The minimum absolute atomic E-state index is 0.121. The highest BCUT2D eigenvalue weighted by atomic mass is 16.2. The van der Waals surface area contributed by atoms with Crippen LogP contribution in [0.4, 0.5) is 5.69 Å². The molecule has 1 heterocycles. The number of fused-ring (bicyclic) bond motifs is 1. The van der Waals surface area contributed by atoms with Crippen molar-refractivity contribution in [1.29, 1.82) is 0 Å². The molecular formula is C30H33N5O4. The number of nitrogens with one attached hydrogen (secondary N) is 3. The van der Waals surface area contributed by atoms with E-state index in [1.165, 1.54) is 0 Å². The lowest BCUT2D eigenvalue weighted by Crippen LogP contribution is -2.49. The topological polar surface area (TPSA) is 134 Å². The van der Waals surface area contributed by atoms with Gasteiger partial charge in [-0.1, -0.05) is 60.7 Å². The van der Waals surface area contributed by atoms with E-state index in [9.17, 15) is 19.2 Å². The number of anilines is 1. The van der Waals surface area contributed by atoms with Crippen molar-refractivity contribution in [3.8, 4) is 11.1 Å². The zero-order valence-corrected chi connectivity index (χ0v) is 22.1. The van der Waals surface area contributed by atoms with Crippen LogP contribution >= 0.6 is 0 Å². The molecule has 0 saturated heterocycles. The fourth-order valence-corrected chi connectivity index (χ4v) is 4.74. The quantitative estimate of drug-likeness (QED) is 0.251. The fourth-order valence-electron chi connectivity index (χ4n) is 4.74. The van der Waals surface area contributed by atoms with E-state index in [-0.39, 0.29) is 18.2 Å². The lowest BCUT2D eigenvalue weighted by molar-refractivity contribution is -0.128. The summed E-state index contributed by atoms with van der Waals surface area (Å²) >= 11 is 0. The van der Waals surface area contributed by atoms with Gasteiger partial charge < -0.3 is 16.0 Å². The molecule has 0 radical (unpaired) electrons. The molecule has 39 heavy (non-hydrogen) atoms. The number of hydrogen-bond acceptors (Lipinski definition) is 5. The molecule has 1 aliphatic heterocycles. The second-order valence-corrected chi connectivity index (χ2v) is 10.3. The summed E-state index contributed by atoms with van der Waals surface area (Å²) < 4.78 is 0. The molecule has 4 rings (SSSR count). The molecule has 0 aromatic heterocycles. The third-order valence-electron chi connectivity index (χ3n) is 6.52. The van der Waals surface area contributed by atoms with Crippen molar-refractivity contribution in [1.82, 2.24) is 16.2 Å². The Morgan fingerprint density at radius 2 is 1.72 bits per heavy atom. The number of aryl methyl sites for hydroxylation is 1. The summed E-state index contributed by atoms with van der Waals surface area (Å²) in [5, 5.41) is 2.90. The van der Waals surface area contributed by atoms with E-state index in [0.717, 1.165) is 22.4 Å². The van der Waals surface area contributed by atoms with E-state index in [1.807, 2.05) is 60.7 Å². The van der Waals surface area contributed by atoms with Gasteiger partial charge in [-0.25, -0.2) is 0 Å². The highest BCUT2D eigenvalue weighted by molar-refractivity contribution is 6.01. The summed E-state index contributed by atoms with van der Waals surface area (Å²) in [5.41, 5.74) is 14.5. The maximum Gasteiger partial charge on any atom is 0.270 e. The first-order valence-electron chi connectivity index (χ1n) is 12.8. The minimum atomic E-state index is -0.674. The van der Waals surface area contributed by atoms with E-state index < -0.39 is 17.5 Å². The molecule has 0 bridgehead atoms. The number of rotatable bonds is 9. The summed E-state index contributed by atoms with van der Waals surface area (Å²) in [4.78, 5) is 51.1. The maximum atomic E-state index is 13.7. The van der Waals surface area contributed by atoms with Gasteiger partial charge in [0.2, 0.25) is 18.2 Å². The van der Waals surface area contributed by atoms with Crippen LogP contribution in [0.15, 0.2) is 72.8 Å². The van der Waals surface area contributed by atoms with Crippen molar-refractivity contribution in [2.45, 2.75) is 51.2 Å². The number of benzene rings is 3. The van der Waals surface area contributed by atoms with Crippen LogP contribution < -0.4 is 26.8 Å². The van der Waals surface area contributed by atoms with E-state index >= 15 is 0 Å². The van der Waals surface area contributed by atoms with Gasteiger partial charge in [-0.15, -0.1) is 0 Å². The van der Waals surface area contributed by atoms with Crippen LogP contribution in [0.5, 0.6) is 0 Å². The first kappa shape index (κ1) is 27.5. The fraction of sp³-hybridized carbons (Fsp3) is 0.267. The largest absolute Gasteiger partial charge is 0.344 e. The zero-order valence-electron chi connectivity index (χ0n) is 22.1. The van der Waals surface area contributed by atoms with Gasteiger partial charge in [-0.05, 0) is 61.1 Å². The Balaban J connectivity index is 1.58. The molecule has 3 aromatic carbocycles. The number of nitrogens with zero attached hydrogens (tertiary/aromatic N) is 1. The summed E-state index contributed by atoms with van der Waals surface area (Å²) in [7, 11) is 0. The Morgan fingerprint density at radius 3 is 2.44 bits per heavy atom. The second kappa shape index (κ2) is 11.9. The maximum absolute atomic E-state index is 13.7. The Labute approximate surface area is 227 Å². The van der Waals surface area contributed by atoms with Crippen molar-refractivity contribution >= 4 is 29.8 Å². The molecule has 202 valence electrons. The van der Waals surface area contributed by atoms with Crippen molar-refractivity contribution in [2.24, 2.45) is 5.73 Å². The van der Waals surface area contributed by atoms with Crippen LogP contribution in [0.3, 0.4) is 0 Å². The van der Waals surface area contributed by atoms with E-state index in [4.69, 9.17) is 5.73 Å². The lowest BCUT2D eigenvalue weighted by atomic mass is 9.98. The molecule has 9 heteroatoms. The third kappa shape index (κ3) is 6.88. The summed E-state index contributed by atoms with van der Waals surface area (Å²) in [6.45, 7) is 3.87. The molecule has 0 fully saturated rings. The van der Waals surface area contributed by atoms with Crippen LogP contribution in [-0.2, 0) is 27.3 Å². The zero-order chi connectivity index (χ0) is 28.0. The van der Waals surface area contributed by atoms with Gasteiger partial charge in [-0.3, -0.25) is 30.0 Å². The number of carbonyl (C=O) groups excluding carboxylic acids is 4. The molecule has 3 aromatic rings. The number of nitrogens with two attached hydrogens (primary N) is 1. The predicted molar refractivity (Wildman–Crippen MR) is 149 cm³/mol. The smallest absolute Gasteiger partial charge is 0.270 e. The Bertz CT molecular complexity index is 1360. The van der Waals surface area contributed by atoms with Crippen LogP contribution in [0.2, 0.25) is 0 Å². The molecule has 5 N–H and O–H groups in total. The molecule has 1 aliphatic rings. The number of hydrogen-bond donors (Lipinski definition) is 4. The molecule has 9 nitrogen and oxygen atoms in total. The second-order valence-electron chi connectivity index (χ2n) is 10.3. The Hall–Kier alpha value is -4.50. The molecule has 0 unspecified atom stereocenters. The van der Waals surface area contributed by atoms with Crippen molar-refractivity contribution in [2.75, 3.05) is 4.90 Å². The van der Waals surface area contributed by atoms with Crippen LogP contribution in [0, 0.1) is 0 Å². The first-order chi connectivity index (χ1) is 18.7. The van der Waals surface area contributed by atoms with E-state index in [1.54, 1.807) is 30.9 Å². The summed E-state index contributed by atoms with van der Waals surface area (Å²) in [6, 6.07) is 21.8. The molecule has 0 spiro atoms. The Morgan fingerprint density at radius 1 is 1.03 bits per heavy atom. The predicted octanol–water partition coefficient (Wildman–Crippen LogP) is 2.84. The van der Waals surface area contributed by atoms with Crippen molar-refractivity contribution in [3.63, 3.8) is 0 Å². The van der Waals surface area contributed by atoms with Crippen LogP contribution in [-0.4, -0.2) is 35.7 Å². The van der Waals surface area contributed by atoms with E-state index in [2.05, 4.69) is 16.2 Å². The number of carbonyl (C=O) groups is 4. The normalized spacial score (nSPS) is 15.1. The SMILES string of the molecule is CC(C)(N)CC(=O)N[C@@H]1CCc2ccccc2N(Cc2ccc(-c3ccccc3C(=O)NNC=O)cc2)C1=O. The highest BCUT2D eigenvalue weighted by Crippen LogP contribution is 2.30. The van der Waals surface area contributed by atoms with Crippen molar-refractivity contribution in [3.05, 3.63) is 89.5 Å². The third-order valence-corrected chi connectivity index (χ3v) is 6.52. The van der Waals surface area contributed by atoms with Gasteiger partial charge in [-0.2, -0.15) is 0 Å². The molecule has 0 saturated carbocycles. The molecule has 1 atom stereocenters. The standard InChI is InChI=1S/C30H33N5O4/c1-30(2,31)17-27(37)33-25-16-15-22-7-3-6-10-26(22)35(29(25)39)18-20-11-13-21(14-12-20)23-8-4-5-9-24(23)28(38)34-32-19-36/h3-14,19,25H,15-18,31H2,1-2H3,(H,32,36)(H,33,37)(H,34,38)/t25-/m1/s1. The van der Waals surface area contributed by atoms with Gasteiger partial charge in [0.05, 0.1) is 6.54 Å². The summed E-state index contributed by atoms with van der Waals surface area (Å²) in [5.74, 6) is -0.848. The van der Waals surface area contributed by atoms with Gasteiger partial charge in [0.25, 0.3) is 5.91 Å². The average Bonchev–Trinajstić information content (AvgIpc) is 3.03. The number of amides is 4.